The van der Waals surface area contributed by atoms with Gasteiger partial charge in [0, 0.05) is 12.8 Å². The van der Waals surface area contributed by atoms with Crippen LogP contribution < -0.4 is 0 Å². The Bertz CT molecular complexity index is 1110. The second kappa shape index (κ2) is 38.5. The fourth-order valence-corrected chi connectivity index (χ4v) is 4.91. The van der Waals surface area contributed by atoms with Gasteiger partial charge in [-0.1, -0.05) is 18.2 Å². The van der Waals surface area contributed by atoms with Crippen molar-refractivity contribution in [1.82, 2.24) is 0 Å². The van der Waals surface area contributed by atoms with Crippen molar-refractivity contribution < 1.29 is 84.1 Å². The van der Waals surface area contributed by atoms with Crippen LogP contribution in [-0.4, -0.2) is 184 Å². The molecule has 320 valence electrons. The molecule has 0 aromatic heterocycles. The van der Waals surface area contributed by atoms with Crippen molar-refractivity contribution in [1.29, 1.82) is 0 Å². The molecule has 0 aliphatic carbocycles. The minimum atomic E-state index is -3.77. The SMILES string of the molecule is O=C(O)CCCCC(=O)OCCOCCOCCOCCOCCOCCOCCOCCOCCOCCOCCOCCOS(=O)(=O)c1ccccc1. The molecule has 18 nitrogen and oxygen atoms in total. The maximum atomic E-state index is 12.0. The number of esters is 1. The summed E-state index contributed by atoms with van der Waals surface area (Å²) in [5.74, 6) is -1.22. The van der Waals surface area contributed by atoms with Crippen LogP contribution in [-0.2, 0) is 80.7 Å². The van der Waals surface area contributed by atoms with Gasteiger partial charge in [-0.05, 0) is 25.0 Å². The molecule has 0 aliphatic heterocycles. The van der Waals surface area contributed by atoms with Gasteiger partial charge in [0.2, 0.25) is 0 Å². The minimum absolute atomic E-state index is 0.0531. The highest BCUT2D eigenvalue weighted by molar-refractivity contribution is 7.86. The topological polar surface area (TPSA) is 208 Å². The van der Waals surface area contributed by atoms with Crippen LogP contribution in [0.25, 0.3) is 0 Å². The van der Waals surface area contributed by atoms with Gasteiger partial charge in [-0.3, -0.25) is 13.8 Å². The molecule has 0 saturated carbocycles. The summed E-state index contributed by atoms with van der Waals surface area (Å²) in [6, 6.07) is 7.95. The lowest BCUT2D eigenvalue weighted by molar-refractivity contribution is -0.146. The lowest BCUT2D eigenvalue weighted by Gasteiger charge is -2.09. The molecule has 0 unspecified atom stereocenters. The van der Waals surface area contributed by atoms with E-state index in [2.05, 4.69) is 0 Å². The third-order valence-corrected chi connectivity index (χ3v) is 8.06. The maximum Gasteiger partial charge on any atom is 0.305 e. The first-order valence-corrected chi connectivity index (χ1v) is 20.0. The lowest BCUT2D eigenvalue weighted by Crippen LogP contribution is -2.16. The molecular formula is C36H62O18S. The normalized spacial score (nSPS) is 11.6. The van der Waals surface area contributed by atoms with Crippen LogP contribution in [0.5, 0.6) is 0 Å². The summed E-state index contributed by atoms with van der Waals surface area (Å²) in [6.45, 7) is 9.12. The highest BCUT2D eigenvalue weighted by Gasteiger charge is 2.13. The highest BCUT2D eigenvalue weighted by Crippen LogP contribution is 2.10. The van der Waals surface area contributed by atoms with E-state index in [0.717, 1.165) is 0 Å². The number of unbranched alkanes of at least 4 members (excludes halogenated alkanes) is 1. The average molecular weight is 815 g/mol. The van der Waals surface area contributed by atoms with E-state index in [0.29, 0.717) is 145 Å². The van der Waals surface area contributed by atoms with E-state index in [4.69, 9.17) is 66.1 Å². The van der Waals surface area contributed by atoms with Gasteiger partial charge >= 0.3 is 11.9 Å². The molecule has 1 rings (SSSR count). The number of carbonyl (C=O) groups is 2. The van der Waals surface area contributed by atoms with Crippen molar-refractivity contribution in [3.05, 3.63) is 30.3 Å². The standard InChI is InChI=1S/C36H62O18S/c37-35(38)8-4-5-9-36(39)53-32-30-51-28-26-49-24-22-47-20-18-45-16-14-43-12-10-42-11-13-44-15-17-46-19-21-48-23-25-50-27-29-52-31-33-54-55(40,41)34-6-2-1-3-7-34/h1-3,6-7H,4-5,8-33H2,(H,37,38). The van der Waals surface area contributed by atoms with Gasteiger partial charge in [-0.15, -0.1) is 0 Å². The lowest BCUT2D eigenvalue weighted by atomic mass is 10.2. The zero-order chi connectivity index (χ0) is 39.8. The Kier molecular flexibility index (Phi) is 35.5. The van der Waals surface area contributed by atoms with Crippen molar-refractivity contribution in [2.24, 2.45) is 0 Å². The van der Waals surface area contributed by atoms with Gasteiger partial charge in [0.25, 0.3) is 10.1 Å². The zero-order valence-electron chi connectivity index (χ0n) is 32.0. The first kappa shape index (κ1) is 50.6. The number of carboxylic acids is 1. The molecule has 0 spiro atoms. The number of carbonyl (C=O) groups excluding carboxylic acids is 1. The zero-order valence-corrected chi connectivity index (χ0v) is 32.8. The van der Waals surface area contributed by atoms with Crippen LogP contribution in [0.3, 0.4) is 0 Å². The van der Waals surface area contributed by atoms with Gasteiger partial charge < -0.3 is 61.9 Å². The molecule has 1 N–H and O–H groups in total. The molecule has 55 heavy (non-hydrogen) atoms. The highest BCUT2D eigenvalue weighted by atomic mass is 32.2. The first-order chi connectivity index (χ1) is 26.9. The number of hydrogen-bond acceptors (Lipinski definition) is 17. The average Bonchev–Trinajstić information content (AvgIpc) is 3.18. The molecule has 1 aromatic rings. The van der Waals surface area contributed by atoms with Crippen LogP contribution in [0.2, 0.25) is 0 Å². The van der Waals surface area contributed by atoms with E-state index in [1.807, 2.05) is 0 Å². The number of aliphatic carboxylic acids is 1. The van der Waals surface area contributed by atoms with Gasteiger partial charge in [-0.25, -0.2) is 0 Å². The number of benzene rings is 1. The number of rotatable bonds is 43. The molecule has 0 radical (unpaired) electrons. The Morgan fingerprint density at radius 3 is 1.04 bits per heavy atom. The van der Waals surface area contributed by atoms with Gasteiger partial charge in [0.15, 0.2) is 0 Å². The fraction of sp³-hybridized carbons (Fsp3) is 0.778. The summed E-state index contributed by atoms with van der Waals surface area (Å²) in [5, 5.41) is 8.56. The minimum Gasteiger partial charge on any atom is -0.481 e. The van der Waals surface area contributed by atoms with Gasteiger partial charge in [0.1, 0.15) is 6.61 Å². The second-order valence-corrected chi connectivity index (χ2v) is 12.8. The third-order valence-electron chi connectivity index (χ3n) is 6.73. The first-order valence-electron chi connectivity index (χ1n) is 18.6. The summed E-state index contributed by atoms with van der Waals surface area (Å²) >= 11 is 0. The van der Waals surface area contributed by atoms with E-state index < -0.39 is 16.1 Å². The molecule has 0 atom stereocenters. The predicted molar refractivity (Wildman–Crippen MR) is 196 cm³/mol. The van der Waals surface area contributed by atoms with Crippen LogP contribution in [0.4, 0.5) is 0 Å². The molecule has 1 aromatic carbocycles. The van der Waals surface area contributed by atoms with E-state index in [1.54, 1.807) is 18.2 Å². The van der Waals surface area contributed by atoms with Crippen molar-refractivity contribution in [3.63, 3.8) is 0 Å². The Morgan fingerprint density at radius 2 is 0.709 bits per heavy atom. The van der Waals surface area contributed by atoms with Crippen LogP contribution in [0, 0.1) is 0 Å². The van der Waals surface area contributed by atoms with Gasteiger partial charge in [0.05, 0.1) is 157 Å². The summed E-state index contributed by atoms with van der Waals surface area (Å²) in [7, 11) is -3.77. The summed E-state index contributed by atoms with van der Waals surface area (Å²) in [6.07, 6.45) is 1.21. The van der Waals surface area contributed by atoms with Crippen molar-refractivity contribution in [3.8, 4) is 0 Å². The predicted octanol–water partition coefficient (Wildman–Crippen LogP) is 1.76. The monoisotopic (exact) mass is 814 g/mol. The Balaban J connectivity index is 1.65. The van der Waals surface area contributed by atoms with E-state index in [9.17, 15) is 18.0 Å². The number of carboxylic acid groups (broad SMARTS) is 1. The maximum absolute atomic E-state index is 12.0. The molecule has 0 fully saturated rings. The van der Waals surface area contributed by atoms with Crippen molar-refractivity contribution >= 4 is 22.1 Å². The van der Waals surface area contributed by atoms with Crippen LogP contribution in [0.15, 0.2) is 35.2 Å². The largest absolute Gasteiger partial charge is 0.481 e. The van der Waals surface area contributed by atoms with E-state index in [-0.39, 0.29) is 50.1 Å². The fourth-order valence-electron chi connectivity index (χ4n) is 3.99. The van der Waals surface area contributed by atoms with Crippen molar-refractivity contribution in [2.75, 3.05) is 159 Å². The quantitative estimate of drug-likeness (QED) is 0.0566. The number of ether oxygens (including phenoxy) is 12. The molecule has 0 amide bonds. The van der Waals surface area contributed by atoms with Gasteiger partial charge in [-0.2, -0.15) is 8.42 Å². The Hall–Kier alpha value is -2.37. The molecule has 0 bridgehead atoms. The molecule has 19 heteroatoms. The molecule has 0 heterocycles. The smallest absolute Gasteiger partial charge is 0.305 e. The molecular weight excluding hydrogens is 752 g/mol. The Morgan fingerprint density at radius 1 is 0.418 bits per heavy atom. The Labute approximate surface area is 325 Å². The van der Waals surface area contributed by atoms with E-state index >= 15 is 0 Å². The van der Waals surface area contributed by atoms with Crippen molar-refractivity contribution in [2.45, 2.75) is 30.6 Å². The van der Waals surface area contributed by atoms with E-state index in [1.165, 1.54) is 12.1 Å². The van der Waals surface area contributed by atoms with Crippen LogP contribution >= 0.6 is 0 Å². The van der Waals surface area contributed by atoms with Crippen LogP contribution in [0.1, 0.15) is 25.7 Å². The molecule has 0 aliphatic rings. The summed E-state index contributed by atoms with van der Waals surface area (Å²) in [4.78, 5) is 22.0. The summed E-state index contributed by atoms with van der Waals surface area (Å²) in [5.41, 5.74) is 0. The second-order valence-electron chi connectivity index (χ2n) is 11.1. The third kappa shape index (κ3) is 35.8. The molecule has 0 saturated heterocycles. The number of hydrogen-bond donors (Lipinski definition) is 1. The summed E-state index contributed by atoms with van der Waals surface area (Å²) < 4.78 is 93.6.